The predicted molar refractivity (Wildman–Crippen MR) is 78.9 cm³/mol. The maximum Gasteiger partial charge on any atom is 0.0951 e. The van der Waals surface area contributed by atoms with Crippen LogP contribution in [0.25, 0.3) is 0 Å². The lowest BCUT2D eigenvalue weighted by molar-refractivity contribution is 0.469. The molecule has 1 heterocycles. The predicted octanol–water partition coefficient (Wildman–Crippen LogP) is 3.49. The van der Waals surface area contributed by atoms with Gasteiger partial charge in [0.05, 0.1) is 18.1 Å². The van der Waals surface area contributed by atoms with E-state index in [0.29, 0.717) is 6.04 Å². The second-order valence-corrected chi connectivity index (χ2v) is 5.16. The van der Waals surface area contributed by atoms with E-state index in [1.54, 1.807) is 0 Å². The number of benzene rings is 1. The Morgan fingerprint density at radius 2 is 2.00 bits per heavy atom. The highest BCUT2D eigenvalue weighted by molar-refractivity contribution is 5.18. The lowest BCUT2D eigenvalue weighted by Gasteiger charge is -2.19. The molecule has 3 nitrogen and oxygen atoms in total. The number of aromatic nitrogens is 2. The number of imidazole rings is 1. The second-order valence-electron chi connectivity index (χ2n) is 5.16. The van der Waals surface area contributed by atoms with E-state index in [-0.39, 0.29) is 6.04 Å². The van der Waals surface area contributed by atoms with Crippen molar-refractivity contribution in [1.29, 1.82) is 0 Å². The first-order valence-electron chi connectivity index (χ1n) is 7.03. The summed E-state index contributed by atoms with van der Waals surface area (Å²) in [6.45, 7) is 4.43. The molecule has 0 bridgehead atoms. The Bertz CT molecular complexity index is 490. The van der Waals surface area contributed by atoms with E-state index in [4.69, 9.17) is 5.73 Å². The third kappa shape index (κ3) is 3.44. The van der Waals surface area contributed by atoms with Crippen LogP contribution in [0, 0.1) is 0 Å². The van der Waals surface area contributed by atoms with Gasteiger partial charge < -0.3 is 10.3 Å². The molecule has 102 valence electrons. The van der Waals surface area contributed by atoms with Crippen LogP contribution in [-0.4, -0.2) is 9.55 Å². The molecular formula is C16H23N3. The van der Waals surface area contributed by atoms with E-state index in [9.17, 15) is 0 Å². The molecule has 19 heavy (non-hydrogen) atoms. The lowest BCUT2D eigenvalue weighted by Crippen LogP contribution is -2.19. The third-order valence-corrected chi connectivity index (χ3v) is 3.56. The average Bonchev–Trinajstić information content (AvgIpc) is 2.89. The highest BCUT2D eigenvalue weighted by Crippen LogP contribution is 2.21. The van der Waals surface area contributed by atoms with Crippen molar-refractivity contribution >= 4 is 0 Å². The van der Waals surface area contributed by atoms with Gasteiger partial charge in [0.2, 0.25) is 0 Å². The van der Waals surface area contributed by atoms with Gasteiger partial charge in [-0.05, 0) is 25.3 Å². The molecule has 2 N–H and O–H groups in total. The Morgan fingerprint density at radius 1 is 1.26 bits per heavy atom. The maximum atomic E-state index is 6.35. The summed E-state index contributed by atoms with van der Waals surface area (Å²) in [7, 11) is 0. The standard InChI is InChI=1S/C16H23N3/c1-3-7-13(2)19-12-18-11-16(19)15(17)10-14-8-5-4-6-9-14/h4-6,8-9,11-13,15H,3,7,10,17H2,1-2H3/t13?,15-/m1/s1. The zero-order valence-corrected chi connectivity index (χ0v) is 11.8. The minimum absolute atomic E-state index is 0.00389. The summed E-state index contributed by atoms with van der Waals surface area (Å²) in [5, 5.41) is 0. The third-order valence-electron chi connectivity index (χ3n) is 3.56. The quantitative estimate of drug-likeness (QED) is 0.861. The highest BCUT2D eigenvalue weighted by Gasteiger charge is 2.15. The van der Waals surface area contributed by atoms with Crippen molar-refractivity contribution in [2.24, 2.45) is 5.73 Å². The normalized spacial score (nSPS) is 14.3. The van der Waals surface area contributed by atoms with Crippen molar-refractivity contribution in [2.45, 2.75) is 45.2 Å². The monoisotopic (exact) mass is 257 g/mol. The van der Waals surface area contributed by atoms with E-state index in [2.05, 4.69) is 47.7 Å². The summed E-state index contributed by atoms with van der Waals surface area (Å²) >= 11 is 0. The van der Waals surface area contributed by atoms with Gasteiger partial charge in [-0.3, -0.25) is 0 Å². The molecule has 0 amide bonds. The summed E-state index contributed by atoms with van der Waals surface area (Å²) in [6, 6.07) is 10.8. The Morgan fingerprint density at radius 3 is 2.68 bits per heavy atom. The van der Waals surface area contributed by atoms with Crippen LogP contribution >= 0.6 is 0 Å². The van der Waals surface area contributed by atoms with Crippen LogP contribution in [0.4, 0.5) is 0 Å². The SMILES string of the molecule is CCCC(C)n1cncc1[C@H](N)Cc1ccccc1. The van der Waals surface area contributed by atoms with Crippen molar-refractivity contribution in [3.8, 4) is 0 Å². The van der Waals surface area contributed by atoms with Gasteiger partial charge >= 0.3 is 0 Å². The summed E-state index contributed by atoms with van der Waals surface area (Å²) in [4.78, 5) is 4.27. The van der Waals surface area contributed by atoms with Gasteiger partial charge in [-0.2, -0.15) is 0 Å². The Labute approximate surface area is 115 Å². The highest BCUT2D eigenvalue weighted by atomic mass is 15.1. The molecule has 0 aliphatic carbocycles. The van der Waals surface area contributed by atoms with Crippen LogP contribution in [-0.2, 0) is 6.42 Å². The van der Waals surface area contributed by atoms with Gasteiger partial charge in [0.15, 0.2) is 0 Å². The largest absolute Gasteiger partial charge is 0.330 e. The van der Waals surface area contributed by atoms with Crippen LogP contribution in [0.15, 0.2) is 42.9 Å². The van der Waals surface area contributed by atoms with E-state index < -0.39 is 0 Å². The molecule has 3 heteroatoms. The van der Waals surface area contributed by atoms with E-state index in [1.165, 1.54) is 12.0 Å². The molecule has 0 spiro atoms. The van der Waals surface area contributed by atoms with Crippen molar-refractivity contribution in [2.75, 3.05) is 0 Å². The zero-order chi connectivity index (χ0) is 13.7. The number of hydrogen-bond donors (Lipinski definition) is 1. The minimum atomic E-state index is 0.00389. The molecule has 0 saturated heterocycles. The molecule has 1 aromatic heterocycles. The Balaban J connectivity index is 2.11. The summed E-state index contributed by atoms with van der Waals surface area (Å²) in [5.41, 5.74) is 8.74. The van der Waals surface area contributed by atoms with Gasteiger partial charge in [0.1, 0.15) is 0 Å². The number of nitrogens with two attached hydrogens (primary N) is 1. The molecule has 0 fully saturated rings. The molecule has 1 unspecified atom stereocenters. The topological polar surface area (TPSA) is 43.8 Å². The summed E-state index contributed by atoms with van der Waals surface area (Å²) in [5.74, 6) is 0. The molecule has 2 rings (SSSR count). The lowest BCUT2D eigenvalue weighted by atomic mass is 10.0. The Kier molecular flexibility index (Phi) is 4.74. The van der Waals surface area contributed by atoms with Crippen molar-refractivity contribution in [3.05, 3.63) is 54.1 Å². The summed E-state index contributed by atoms with van der Waals surface area (Å²) < 4.78 is 2.22. The van der Waals surface area contributed by atoms with Gasteiger partial charge in [-0.15, -0.1) is 0 Å². The minimum Gasteiger partial charge on any atom is -0.330 e. The first-order valence-corrected chi connectivity index (χ1v) is 7.03. The molecule has 0 saturated carbocycles. The number of rotatable bonds is 6. The Hall–Kier alpha value is -1.61. The van der Waals surface area contributed by atoms with Gasteiger partial charge in [0.25, 0.3) is 0 Å². The average molecular weight is 257 g/mol. The smallest absolute Gasteiger partial charge is 0.0951 e. The molecule has 0 aliphatic rings. The van der Waals surface area contributed by atoms with Gasteiger partial charge in [0, 0.05) is 12.2 Å². The fourth-order valence-corrected chi connectivity index (χ4v) is 2.50. The van der Waals surface area contributed by atoms with Crippen LogP contribution in [0.3, 0.4) is 0 Å². The van der Waals surface area contributed by atoms with Gasteiger partial charge in [-0.25, -0.2) is 4.98 Å². The molecule has 2 aromatic rings. The van der Waals surface area contributed by atoms with E-state index in [0.717, 1.165) is 18.5 Å². The number of nitrogens with zero attached hydrogens (tertiary/aromatic N) is 2. The van der Waals surface area contributed by atoms with Crippen LogP contribution in [0.5, 0.6) is 0 Å². The molecule has 1 aromatic carbocycles. The molecule has 0 aliphatic heterocycles. The molecule has 0 radical (unpaired) electrons. The van der Waals surface area contributed by atoms with Gasteiger partial charge in [-0.1, -0.05) is 43.7 Å². The first kappa shape index (κ1) is 13.8. The van der Waals surface area contributed by atoms with Crippen LogP contribution in [0.1, 0.15) is 50.0 Å². The zero-order valence-electron chi connectivity index (χ0n) is 11.8. The van der Waals surface area contributed by atoms with Crippen molar-refractivity contribution in [3.63, 3.8) is 0 Å². The van der Waals surface area contributed by atoms with Crippen molar-refractivity contribution < 1.29 is 0 Å². The molecule has 2 atom stereocenters. The van der Waals surface area contributed by atoms with Crippen molar-refractivity contribution in [1.82, 2.24) is 9.55 Å². The first-order chi connectivity index (χ1) is 9.22. The molecular weight excluding hydrogens is 234 g/mol. The fraction of sp³-hybridized carbons (Fsp3) is 0.438. The van der Waals surface area contributed by atoms with Crippen LogP contribution in [0.2, 0.25) is 0 Å². The number of hydrogen-bond acceptors (Lipinski definition) is 2. The van der Waals surface area contributed by atoms with E-state index in [1.807, 2.05) is 18.6 Å². The van der Waals surface area contributed by atoms with E-state index >= 15 is 0 Å². The fourth-order valence-electron chi connectivity index (χ4n) is 2.50. The second kappa shape index (κ2) is 6.53. The summed E-state index contributed by atoms with van der Waals surface area (Å²) in [6.07, 6.45) is 6.99. The van der Waals surface area contributed by atoms with Crippen LogP contribution < -0.4 is 5.73 Å². The maximum absolute atomic E-state index is 6.35.